The van der Waals surface area contributed by atoms with E-state index in [-0.39, 0.29) is 5.54 Å². The molecule has 94 valence electrons. The SMILES string of the molecule is C[C@H]1[C@H]2CCc3c(nnn3C(C)(C)C)CC[C@@H]12. The summed E-state index contributed by atoms with van der Waals surface area (Å²) in [6.45, 7) is 9.05. The Morgan fingerprint density at radius 2 is 1.76 bits per heavy atom. The summed E-state index contributed by atoms with van der Waals surface area (Å²) >= 11 is 0. The van der Waals surface area contributed by atoms with E-state index in [0.717, 1.165) is 24.2 Å². The van der Waals surface area contributed by atoms with Gasteiger partial charge in [0.1, 0.15) is 0 Å². The van der Waals surface area contributed by atoms with Crippen LogP contribution in [-0.4, -0.2) is 15.0 Å². The fourth-order valence-corrected chi connectivity index (χ4v) is 3.51. The number of aromatic nitrogens is 3. The summed E-state index contributed by atoms with van der Waals surface area (Å²) in [6, 6.07) is 0. The normalized spacial score (nSPS) is 32.4. The van der Waals surface area contributed by atoms with Crippen LogP contribution >= 0.6 is 0 Å². The van der Waals surface area contributed by atoms with Crippen molar-refractivity contribution in [2.24, 2.45) is 17.8 Å². The van der Waals surface area contributed by atoms with Crippen molar-refractivity contribution >= 4 is 0 Å². The van der Waals surface area contributed by atoms with Crippen molar-refractivity contribution in [3.8, 4) is 0 Å². The fourth-order valence-electron chi connectivity index (χ4n) is 3.51. The Morgan fingerprint density at radius 3 is 2.41 bits per heavy atom. The Kier molecular flexibility index (Phi) is 2.36. The van der Waals surface area contributed by atoms with Gasteiger partial charge in [0.05, 0.1) is 16.9 Å². The van der Waals surface area contributed by atoms with Crippen molar-refractivity contribution in [1.82, 2.24) is 15.0 Å². The van der Waals surface area contributed by atoms with E-state index in [1.54, 1.807) is 0 Å². The van der Waals surface area contributed by atoms with E-state index < -0.39 is 0 Å². The quantitative estimate of drug-likeness (QED) is 0.690. The second kappa shape index (κ2) is 3.56. The molecule has 2 aliphatic carbocycles. The molecule has 1 aromatic heterocycles. The van der Waals surface area contributed by atoms with Gasteiger partial charge < -0.3 is 0 Å². The summed E-state index contributed by atoms with van der Waals surface area (Å²) in [4.78, 5) is 0. The number of nitrogens with zero attached hydrogens (tertiary/aromatic N) is 3. The first-order chi connectivity index (χ1) is 7.98. The van der Waals surface area contributed by atoms with Crippen LogP contribution in [0.3, 0.4) is 0 Å². The topological polar surface area (TPSA) is 30.7 Å². The van der Waals surface area contributed by atoms with Crippen LogP contribution in [0.25, 0.3) is 0 Å². The largest absolute Gasteiger partial charge is 0.244 e. The molecule has 0 bridgehead atoms. The molecule has 0 saturated heterocycles. The van der Waals surface area contributed by atoms with Crippen LogP contribution in [0, 0.1) is 17.8 Å². The van der Waals surface area contributed by atoms with Crippen molar-refractivity contribution in [2.75, 3.05) is 0 Å². The molecule has 0 amide bonds. The molecule has 0 N–H and O–H groups in total. The molecule has 3 nitrogen and oxygen atoms in total. The van der Waals surface area contributed by atoms with Crippen molar-refractivity contribution < 1.29 is 0 Å². The summed E-state index contributed by atoms with van der Waals surface area (Å²) in [7, 11) is 0. The summed E-state index contributed by atoms with van der Waals surface area (Å²) in [5.74, 6) is 2.91. The molecule has 0 unspecified atom stereocenters. The highest BCUT2D eigenvalue weighted by Crippen LogP contribution is 2.52. The van der Waals surface area contributed by atoms with Gasteiger partial charge >= 0.3 is 0 Å². The predicted octanol–water partition coefficient (Wildman–Crippen LogP) is 2.79. The highest BCUT2D eigenvalue weighted by atomic mass is 15.5. The first kappa shape index (κ1) is 11.2. The van der Waals surface area contributed by atoms with Gasteiger partial charge in [-0.05, 0) is 64.2 Å². The highest BCUT2D eigenvalue weighted by molar-refractivity contribution is 5.16. The van der Waals surface area contributed by atoms with Gasteiger partial charge in [-0.2, -0.15) is 0 Å². The third-order valence-electron chi connectivity index (χ3n) is 4.67. The molecule has 3 rings (SSSR count). The maximum absolute atomic E-state index is 4.42. The summed E-state index contributed by atoms with van der Waals surface area (Å²) in [5, 5.41) is 8.79. The Hall–Kier alpha value is -0.860. The maximum atomic E-state index is 4.42. The Balaban J connectivity index is 1.90. The second-order valence-corrected chi connectivity index (χ2v) is 6.83. The molecular formula is C14H23N3. The van der Waals surface area contributed by atoms with E-state index in [0.29, 0.717) is 0 Å². The van der Waals surface area contributed by atoms with Crippen LogP contribution in [0.4, 0.5) is 0 Å². The first-order valence-corrected chi connectivity index (χ1v) is 6.92. The van der Waals surface area contributed by atoms with Gasteiger partial charge in [-0.15, -0.1) is 5.10 Å². The number of hydrogen-bond acceptors (Lipinski definition) is 2. The van der Waals surface area contributed by atoms with Gasteiger partial charge in [0.25, 0.3) is 0 Å². The summed E-state index contributed by atoms with van der Waals surface area (Å²) in [5.41, 5.74) is 2.72. The van der Waals surface area contributed by atoms with E-state index in [4.69, 9.17) is 0 Å². The van der Waals surface area contributed by atoms with Crippen molar-refractivity contribution in [2.45, 2.75) is 58.9 Å². The van der Waals surface area contributed by atoms with Gasteiger partial charge in [-0.1, -0.05) is 12.1 Å². The van der Waals surface area contributed by atoms with Gasteiger partial charge in [0.2, 0.25) is 0 Å². The van der Waals surface area contributed by atoms with E-state index in [1.165, 1.54) is 30.7 Å². The minimum absolute atomic E-state index is 0.0638. The fraction of sp³-hybridized carbons (Fsp3) is 0.857. The Labute approximate surface area is 104 Å². The molecule has 0 aliphatic heterocycles. The zero-order chi connectivity index (χ0) is 12.2. The average Bonchev–Trinajstić information content (AvgIpc) is 2.65. The molecule has 0 aromatic carbocycles. The highest BCUT2D eigenvalue weighted by Gasteiger charge is 2.46. The standard InChI is InChI=1S/C14H23N3/c1-9-10-5-7-12-13(8-6-11(9)10)17(16-15-12)14(2,3)4/h9-11H,5-8H2,1-4H3/t9-,10+,11-/m1/s1. The van der Waals surface area contributed by atoms with Gasteiger partial charge in [0.15, 0.2) is 0 Å². The summed E-state index contributed by atoms with van der Waals surface area (Å²) < 4.78 is 2.15. The minimum atomic E-state index is 0.0638. The summed E-state index contributed by atoms with van der Waals surface area (Å²) in [6.07, 6.45) is 4.96. The van der Waals surface area contributed by atoms with E-state index in [1.807, 2.05) is 0 Å². The number of fused-ring (bicyclic) bond motifs is 2. The third-order valence-corrected chi connectivity index (χ3v) is 4.67. The molecular weight excluding hydrogens is 210 g/mol. The molecule has 1 aromatic rings. The molecule has 0 spiro atoms. The zero-order valence-electron chi connectivity index (χ0n) is 11.4. The van der Waals surface area contributed by atoms with Crippen LogP contribution in [-0.2, 0) is 18.4 Å². The van der Waals surface area contributed by atoms with E-state index in [2.05, 4.69) is 42.7 Å². The lowest BCUT2D eigenvalue weighted by molar-refractivity contribution is 0.333. The number of rotatable bonds is 0. The smallest absolute Gasteiger partial charge is 0.0859 e. The molecule has 3 heteroatoms. The third kappa shape index (κ3) is 1.80. The van der Waals surface area contributed by atoms with Crippen LogP contribution in [0.5, 0.6) is 0 Å². The van der Waals surface area contributed by atoms with E-state index >= 15 is 0 Å². The number of aryl methyl sites for hydroxylation is 1. The Bertz CT molecular complexity index is 427. The van der Waals surface area contributed by atoms with Crippen molar-refractivity contribution in [3.63, 3.8) is 0 Å². The molecule has 3 atom stereocenters. The Morgan fingerprint density at radius 1 is 1.12 bits per heavy atom. The van der Waals surface area contributed by atoms with Crippen LogP contribution < -0.4 is 0 Å². The molecule has 1 heterocycles. The van der Waals surface area contributed by atoms with Crippen LogP contribution in [0.1, 0.15) is 51.9 Å². The molecule has 1 saturated carbocycles. The number of hydrogen-bond donors (Lipinski definition) is 0. The predicted molar refractivity (Wildman–Crippen MR) is 67.8 cm³/mol. The van der Waals surface area contributed by atoms with Crippen molar-refractivity contribution in [3.05, 3.63) is 11.4 Å². The van der Waals surface area contributed by atoms with Crippen molar-refractivity contribution in [1.29, 1.82) is 0 Å². The molecule has 17 heavy (non-hydrogen) atoms. The second-order valence-electron chi connectivity index (χ2n) is 6.83. The van der Waals surface area contributed by atoms with Gasteiger partial charge in [-0.25, -0.2) is 4.68 Å². The zero-order valence-corrected chi connectivity index (χ0v) is 11.4. The van der Waals surface area contributed by atoms with E-state index in [9.17, 15) is 0 Å². The molecule has 2 aliphatic rings. The van der Waals surface area contributed by atoms with Gasteiger partial charge in [-0.3, -0.25) is 0 Å². The lowest BCUT2D eigenvalue weighted by Gasteiger charge is -2.22. The minimum Gasteiger partial charge on any atom is -0.244 e. The lowest BCUT2D eigenvalue weighted by atomic mass is 10.00. The lowest BCUT2D eigenvalue weighted by Crippen LogP contribution is -2.26. The molecule has 0 radical (unpaired) electrons. The maximum Gasteiger partial charge on any atom is 0.0859 e. The first-order valence-electron chi connectivity index (χ1n) is 6.92. The monoisotopic (exact) mass is 233 g/mol. The molecule has 1 fully saturated rings. The van der Waals surface area contributed by atoms with Crippen LogP contribution in [0.15, 0.2) is 0 Å². The average molecular weight is 233 g/mol. The van der Waals surface area contributed by atoms with Crippen LogP contribution in [0.2, 0.25) is 0 Å². The van der Waals surface area contributed by atoms with Gasteiger partial charge in [0, 0.05) is 0 Å².